The van der Waals surface area contributed by atoms with Crippen molar-refractivity contribution in [3.63, 3.8) is 0 Å². The Morgan fingerprint density at radius 1 is 1.00 bits per heavy atom. The van der Waals surface area contributed by atoms with Crippen molar-refractivity contribution in [2.24, 2.45) is 0 Å². The van der Waals surface area contributed by atoms with Crippen molar-refractivity contribution in [1.29, 1.82) is 0 Å². The van der Waals surface area contributed by atoms with E-state index in [0.717, 1.165) is 11.8 Å². The van der Waals surface area contributed by atoms with Gasteiger partial charge in [0, 0.05) is 23.3 Å². The van der Waals surface area contributed by atoms with Gasteiger partial charge in [0.05, 0.1) is 0 Å². The van der Waals surface area contributed by atoms with Crippen LogP contribution in [0.15, 0.2) is 30.3 Å². The number of rotatable bonds is 2. The first-order valence-electron chi connectivity index (χ1n) is 3.96. The Bertz CT molecular complexity index is 302. The van der Waals surface area contributed by atoms with Crippen LogP contribution in [-0.2, 0) is 36.1 Å². The Balaban J connectivity index is -0.000000106. The molecule has 17 heavy (non-hydrogen) atoms. The molecule has 4 nitrogen and oxygen atoms in total. The summed E-state index contributed by atoms with van der Waals surface area (Å²) < 4.78 is 22.5. The number of carbonyl (C=O) groups excluding carboxylic acids is 1. The smallest absolute Gasteiger partial charge is 0 e. The van der Waals surface area contributed by atoms with E-state index in [1.165, 1.54) is 0 Å². The third-order valence-electron chi connectivity index (χ3n) is 1.53. The molecule has 5 heteroatoms. The first kappa shape index (κ1) is 24.7. The molecule has 0 aliphatic rings. The predicted octanol–water partition coefficient (Wildman–Crippen LogP) is 1.87. The molecular formula is C12H10CrO4. The Morgan fingerprint density at radius 2 is 1.35 bits per heavy atom. The van der Waals surface area contributed by atoms with Gasteiger partial charge in [-0.3, -0.25) is 0 Å². The van der Waals surface area contributed by atoms with Gasteiger partial charge in [0.25, 0.3) is 0 Å². The van der Waals surface area contributed by atoms with Crippen LogP contribution < -0.4 is 0 Å². The summed E-state index contributed by atoms with van der Waals surface area (Å²) in [7, 11) is 0. The molecule has 0 spiro atoms. The molecule has 0 bridgehead atoms. The third kappa shape index (κ3) is 14.6. The van der Waals surface area contributed by atoms with Crippen LogP contribution in [0.1, 0.15) is 18.4 Å². The van der Waals surface area contributed by atoms with E-state index in [1.54, 1.807) is 0 Å². The minimum Gasteiger partial charge on any atom is 0 e. The molecule has 0 radical (unpaired) electrons. The fourth-order valence-electron chi connectivity index (χ4n) is 0.835. The average Bonchev–Trinajstić information content (AvgIpc) is 2.45. The van der Waals surface area contributed by atoms with E-state index >= 15 is 0 Å². The zero-order chi connectivity index (χ0) is 13.4. The van der Waals surface area contributed by atoms with E-state index in [9.17, 15) is 4.79 Å². The third-order valence-corrected chi connectivity index (χ3v) is 1.53. The van der Waals surface area contributed by atoms with Crippen molar-refractivity contribution >= 4 is 6.29 Å². The first-order chi connectivity index (χ1) is 7.84. The summed E-state index contributed by atoms with van der Waals surface area (Å²) in [6.45, 7) is 15.4. The first-order valence-corrected chi connectivity index (χ1v) is 3.96. The Morgan fingerprint density at radius 3 is 1.65 bits per heavy atom. The second kappa shape index (κ2) is 24.1. The summed E-state index contributed by atoms with van der Waals surface area (Å²) in [5, 5.41) is 0. The standard InChI is InChI=1S/C9H10O.3CO.Cr/c1-8(7-10)9-5-3-2-4-6-9;3*1-2;/h2-8H,1H3;;;;. The topological polar surface area (TPSA) is 76.8 Å². The molecule has 0 saturated heterocycles. The van der Waals surface area contributed by atoms with E-state index in [2.05, 4.69) is 20.0 Å². The molecule has 0 aliphatic heterocycles. The molecule has 1 aromatic carbocycles. The normalized spacial score (nSPS) is 7.71. The summed E-state index contributed by atoms with van der Waals surface area (Å²) >= 11 is 0. The summed E-state index contributed by atoms with van der Waals surface area (Å²) in [6, 6.07) is 9.74. The van der Waals surface area contributed by atoms with Crippen LogP contribution in [0.2, 0.25) is 0 Å². The van der Waals surface area contributed by atoms with E-state index in [-0.39, 0.29) is 23.3 Å². The van der Waals surface area contributed by atoms with Crippen molar-refractivity contribution in [2.45, 2.75) is 12.8 Å². The number of hydrogen-bond acceptors (Lipinski definition) is 1. The minimum absolute atomic E-state index is 0. The van der Waals surface area contributed by atoms with Gasteiger partial charge in [0.1, 0.15) is 6.29 Å². The number of benzene rings is 1. The molecule has 1 atom stereocenters. The van der Waals surface area contributed by atoms with E-state index in [0.29, 0.717) is 0 Å². The van der Waals surface area contributed by atoms with Crippen molar-refractivity contribution in [3.05, 3.63) is 55.8 Å². The fraction of sp³-hybridized carbons (Fsp3) is 0.167. The predicted molar refractivity (Wildman–Crippen MR) is 52.7 cm³/mol. The summed E-state index contributed by atoms with van der Waals surface area (Å²) in [5.74, 6) is 0.0289. The van der Waals surface area contributed by atoms with Crippen molar-refractivity contribution in [2.75, 3.05) is 0 Å². The van der Waals surface area contributed by atoms with E-state index in [1.807, 2.05) is 37.3 Å². The van der Waals surface area contributed by atoms with Crippen LogP contribution in [0.25, 0.3) is 0 Å². The van der Waals surface area contributed by atoms with Crippen LogP contribution in [0, 0.1) is 20.0 Å². The minimum atomic E-state index is 0. The fourth-order valence-corrected chi connectivity index (χ4v) is 0.835. The van der Waals surface area contributed by atoms with Crippen LogP contribution >= 0.6 is 0 Å². The maximum absolute atomic E-state index is 10.3. The van der Waals surface area contributed by atoms with Gasteiger partial charge in [-0.2, -0.15) is 0 Å². The summed E-state index contributed by atoms with van der Waals surface area (Å²) in [4.78, 5) is 10.3. The second-order valence-corrected chi connectivity index (χ2v) is 2.34. The molecule has 1 unspecified atom stereocenters. The molecule has 0 fully saturated rings. The van der Waals surface area contributed by atoms with Gasteiger partial charge < -0.3 is 4.79 Å². The average molecular weight is 270 g/mol. The van der Waals surface area contributed by atoms with Crippen molar-refractivity contribution in [3.8, 4) is 0 Å². The van der Waals surface area contributed by atoms with Gasteiger partial charge in [0.15, 0.2) is 0 Å². The maximum Gasteiger partial charge on any atom is 0 e. The van der Waals surface area contributed by atoms with Gasteiger partial charge in [-0.15, -0.1) is 0 Å². The molecule has 0 aliphatic carbocycles. The largest absolute Gasteiger partial charge is 0 e. The molecule has 1 rings (SSSR count). The molecule has 1 aromatic rings. The van der Waals surface area contributed by atoms with E-state index in [4.69, 9.17) is 14.0 Å². The number of hydrogen-bond donors (Lipinski definition) is 0. The number of aldehydes is 1. The van der Waals surface area contributed by atoms with Gasteiger partial charge in [0.2, 0.25) is 0 Å². The van der Waals surface area contributed by atoms with Gasteiger partial charge in [-0.1, -0.05) is 37.3 Å². The van der Waals surface area contributed by atoms with E-state index < -0.39 is 0 Å². The van der Waals surface area contributed by atoms with Crippen LogP contribution in [0.4, 0.5) is 0 Å². The van der Waals surface area contributed by atoms with Crippen LogP contribution in [0.3, 0.4) is 0 Å². The molecule has 88 valence electrons. The quantitative estimate of drug-likeness (QED) is 0.459. The molecular weight excluding hydrogens is 260 g/mol. The molecule has 0 amide bonds. The molecule has 0 heterocycles. The summed E-state index contributed by atoms with van der Waals surface area (Å²) in [5.41, 5.74) is 1.08. The van der Waals surface area contributed by atoms with Gasteiger partial charge in [-0.25, -0.2) is 0 Å². The zero-order valence-corrected chi connectivity index (χ0v) is 10.4. The monoisotopic (exact) mass is 270 g/mol. The van der Waals surface area contributed by atoms with Crippen LogP contribution in [0.5, 0.6) is 0 Å². The second-order valence-electron chi connectivity index (χ2n) is 2.34. The van der Waals surface area contributed by atoms with Crippen molar-refractivity contribution in [1.82, 2.24) is 0 Å². The van der Waals surface area contributed by atoms with Gasteiger partial charge in [-0.05, 0) is 5.56 Å². The number of carbonyl (C=O) groups is 1. The van der Waals surface area contributed by atoms with Crippen LogP contribution in [-0.4, -0.2) is 6.29 Å². The Hall–Kier alpha value is -1.36. The molecule has 0 aromatic heterocycles. The van der Waals surface area contributed by atoms with Crippen molar-refractivity contribution < 1.29 is 36.1 Å². The maximum atomic E-state index is 10.3. The van der Waals surface area contributed by atoms with Gasteiger partial charge >= 0.3 is 33.9 Å². The zero-order valence-electron chi connectivity index (χ0n) is 9.08. The molecule has 0 saturated carbocycles. The Kier molecular flexibility index (Phi) is 35.0. The SMILES string of the molecule is CC(C=O)c1ccccc1.[C-]#[O+].[C-]#[O+].[C-]#[O+].[Cr]. The Labute approximate surface area is 111 Å². The molecule has 0 N–H and O–H groups in total. The summed E-state index contributed by atoms with van der Waals surface area (Å²) in [6.07, 6.45) is 0.954.